The Morgan fingerprint density at radius 1 is 1.40 bits per heavy atom. The largest absolute Gasteiger partial charge is 0.389 e. The highest BCUT2D eigenvalue weighted by molar-refractivity contribution is 5.97. The second-order valence-corrected chi connectivity index (χ2v) is 4.10. The lowest BCUT2D eigenvalue weighted by atomic mass is 10.2. The van der Waals surface area contributed by atoms with Crippen LogP contribution in [0.5, 0.6) is 0 Å². The zero-order valence-electron chi connectivity index (χ0n) is 9.79. The highest BCUT2D eigenvalue weighted by Crippen LogP contribution is 1.93. The minimum Gasteiger partial charge on any atom is -0.389 e. The topological polar surface area (TPSA) is 64.9 Å². The molecule has 0 aromatic rings. The summed E-state index contributed by atoms with van der Waals surface area (Å²) in [6.45, 7) is 8.57. The average Bonchev–Trinajstić information content (AvgIpc) is 2.10. The fourth-order valence-electron chi connectivity index (χ4n) is 0.885. The van der Waals surface area contributed by atoms with Crippen molar-refractivity contribution in [3.05, 3.63) is 11.8 Å². The van der Waals surface area contributed by atoms with Crippen LogP contribution < -0.4 is 10.6 Å². The van der Waals surface area contributed by atoms with Crippen molar-refractivity contribution in [2.24, 2.45) is 5.92 Å². The highest BCUT2D eigenvalue weighted by atomic mass is 16.1. The first-order chi connectivity index (χ1) is 6.97. The molecule has 0 radical (unpaired) electrons. The predicted octanol–water partition coefficient (Wildman–Crippen LogP) is 1.16. The van der Waals surface area contributed by atoms with Gasteiger partial charge < -0.3 is 10.6 Å². The van der Waals surface area contributed by atoms with Crippen LogP contribution in [-0.2, 0) is 4.79 Å². The van der Waals surface area contributed by atoms with Gasteiger partial charge in [0.25, 0.3) is 5.91 Å². The molecule has 15 heavy (non-hydrogen) atoms. The van der Waals surface area contributed by atoms with Gasteiger partial charge in [-0.25, -0.2) is 0 Å². The van der Waals surface area contributed by atoms with Crippen LogP contribution in [0.3, 0.4) is 0 Å². The Balaban J connectivity index is 4.24. The summed E-state index contributed by atoms with van der Waals surface area (Å²) in [7, 11) is 0. The number of hydrogen-bond acceptors (Lipinski definition) is 3. The first-order valence-corrected chi connectivity index (χ1v) is 5.11. The number of nitrogens with one attached hydrogen (secondary N) is 2. The third kappa shape index (κ3) is 6.55. The first-order valence-electron chi connectivity index (χ1n) is 5.11. The standard InChI is InChI=1S/C11H19N3O/c1-8(2)6-13-7-10(5-12)11(15)14-9(3)4/h7-9,13H,6H2,1-4H3,(H,14,15)/b10-7-. The quantitative estimate of drug-likeness (QED) is 0.527. The summed E-state index contributed by atoms with van der Waals surface area (Å²) < 4.78 is 0. The molecule has 0 atom stereocenters. The SMILES string of the molecule is CC(C)CN/C=C(/C#N)C(=O)NC(C)C. The van der Waals surface area contributed by atoms with Crippen molar-refractivity contribution in [2.75, 3.05) is 6.54 Å². The van der Waals surface area contributed by atoms with E-state index in [1.807, 2.05) is 19.9 Å². The van der Waals surface area contributed by atoms with Crippen molar-refractivity contribution in [1.82, 2.24) is 10.6 Å². The van der Waals surface area contributed by atoms with Crippen molar-refractivity contribution in [3.63, 3.8) is 0 Å². The molecule has 4 nitrogen and oxygen atoms in total. The number of amides is 1. The van der Waals surface area contributed by atoms with E-state index in [1.165, 1.54) is 6.20 Å². The summed E-state index contributed by atoms with van der Waals surface area (Å²) in [4.78, 5) is 11.4. The molecule has 0 aromatic heterocycles. The average molecular weight is 209 g/mol. The zero-order chi connectivity index (χ0) is 11.8. The van der Waals surface area contributed by atoms with Gasteiger partial charge in [0, 0.05) is 18.8 Å². The second kappa shape index (κ2) is 6.88. The number of carbonyl (C=O) groups is 1. The van der Waals surface area contributed by atoms with Gasteiger partial charge in [-0.3, -0.25) is 4.79 Å². The molecular formula is C11H19N3O. The fourth-order valence-corrected chi connectivity index (χ4v) is 0.885. The maximum Gasteiger partial charge on any atom is 0.263 e. The Hall–Kier alpha value is -1.50. The van der Waals surface area contributed by atoms with Crippen molar-refractivity contribution < 1.29 is 4.79 Å². The number of nitriles is 1. The Kier molecular flexibility index (Phi) is 6.19. The molecule has 84 valence electrons. The van der Waals surface area contributed by atoms with Gasteiger partial charge in [-0.05, 0) is 19.8 Å². The fraction of sp³-hybridized carbons (Fsp3) is 0.636. The highest BCUT2D eigenvalue weighted by Gasteiger charge is 2.09. The summed E-state index contributed by atoms with van der Waals surface area (Å²) in [5.41, 5.74) is 0.115. The number of carbonyl (C=O) groups excluding carboxylic acids is 1. The van der Waals surface area contributed by atoms with Crippen molar-refractivity contribution in [3.8, 4) is 6.07 Å². The van der Waals surface area contributed by atoms with Crippen LogP contribution >= 0.6 is 0 Å². The van der Waals surface area contributed by atoms with E-state index in [0.29, 0.717) is 5.92 Å². The van der Waals surface area contributed by atoms with Crippen LogP contribution in [0.4, 0.5) is 0 Å². The number of nitrogens with zero attached hydrogens (tertiary/aromatic N) is 1. The van der Waals surface area contributed by atoms with E-state index in [9.17, 15) is 4.79 Å². The van der Waals surface area contributed by atoms with Crippen molar-refractivity contribution in [2.45, 2.75) is 33.7 Å². The van der Waals surface area contributed by atoms with Gasteiger partial charge in [-0.15, -0.1) is 0 Å². The van der Waals surface area contributed by atoms with Crippen molar-refractivity contribution in [1.29, 1.82) is 5.26 Å². The van der Waals surface area contributed by atoms with Crippen LogP contribution in [-0.4, -0.2) is 18.5 Å². The summed E-state index contributed by atoms with van der Waals surface area (Å²) in [6, 6.07) is 1.91. The van der Waals surface area contributed by atoms with Gasteiger partial charge in [-0.2, -0.15) is 5.26 Å². The summed E-state index contributed by atoms with van der Waals surface area (Å²) in [6.07, 6.45) is 1.47. The van der Waals surface area contributed by atoms with Crippen molar-refractivity contribution >= 4 is 5.91 Å². The number of rotatable bonds is 5. The van der Waals surface area contributed by atoms with Crippen LogP contribution in [0.15, 0.2) is 11.8 Å². The second-order valence-electron chi connectivity index (χ2n) is 4.10. The van der Waals surface area contributed by atoms with Crippen LogP contribution in [0, 0.1) is 17.2 Å². The molecule has 4 heteroatoms. The minimum atomic E-state index is -0.330. The van der Waals surface area contributed by atoms with E-state index in [-0.39, 0.29) is 17.5 Å². The Morgan fingerprint density at radius 2 is 2.00 bits per heavy atom. The van der Waals surface area contributed by atoms with E-state index < -0.39 is 0 Å². The van der Waals surface area contributed by atoms with Crippen LogP contribution in [0.1, 0.15) is 27.7 Å². The summed E-state index contributed by atoms with van der Waals surface area (Å²) in [5, 5.41) is 14.4. The van der Waals surface area contributed by atoms with Crippen LogP contribution in [0.25, 0.3) is 0 Å². The van der Waals surface area contributed by atoms with Gasteiger partial charge in [0.1, 0.15) is 11.6 Å². The van der Waals surface area contributed by atoms with E-state index in [1.54, 1.807) is 0 Å². The zero-order valence-corrected chi connectivity index (χ0v) is 9.79. The molecule has 0 aliphatic rings. The van der Waals surface area contributed by atoms with E-state index in [0.717, 1.165) is 6.54 Å². The molecule has 0 saturated carbocycles. The molecule has 0 aliphatic heterocycles. The molecule has 0 rings (SSSR count). The molecular weight excluding hydrogens is 190 g/mol. The molecule has 1 amide bonds. The Bertz CT molecular complexity index is 274. The number of hydrogen-bond donors (Lipinski definition) is 2. The molecule has 0 heterocycles. The monoisotopic (exact) mass is 209 g/mol. The molecule has 2 N–H and O–H groups in total. The van der Waals surface area contributed by atoms with Gasteiger partial charge >= 0.3 is 0 Å². The molecule has 0 aromatic carbocycles. The smallest absolute Gasteiger partial charge is 0.263 e. The van der Waals surface area contributed by atoms with E-state index in [2.05, 4.69) is 24.5 Å². The molecule has 0 aliphatic carbocycles. The Morgan fingerprint density at radius 3 is 2.40 bits per heavy atom. The molecule has 0 bridgehead atoms. The summed E-state index contributed by atoms with van der Waals surface area (Å²) >= 11 is 0. The van der Waals surface area contributed by atoms with Gasteiger partial charge in [0.05, 0.1) is 0 Å². The molecule has 0 spiro atoms. The molecule has 0 fully saturated rings. The lowest BCUT2D eigenvalue weighted by molar-refractivity contribution is -0.117. The van der Waals surface area contributed by atoms with Crippen LogP contribution in [0.2, 0.25) is 0 Å². The lowest BCUT2D eigenvalue weighted by Gasteiger charge is -2.08. The normalized spacial score (nSPS) is 11.4. The predicted molar refractivity (Wildman–Crippen MR) is 59.8 cm³/mol. The Labute approximate surface area is 91.4 Å². The van der Waals surface area contributed by atoms with Gasteiger partial charge in [0.15, 0.2) is 0 Å². The maximum absolute atomic E-state index is 11.4. The summed E-state index contributed by atoms with van der Waals surface area (Å²) in [5.74, 6) is 0.151. The first kappa shape index (κ1) is 13.5. The third-order valence-corrected chi connectivity index (χ3v) is 1.56. The van der Waals surface area contributed by atoms with Gasteiger partial charge in [-0.1, -0.05) is 13.8 Å². The van der Waals surface area contributed by atoms with E-state index in [4.69, 9.17) is 5.26 Å². The molecule has 0 unspecified atom stereocenters. The third-order valence-electron chi connectivity index (χ3n) is 1.56. The van der Waals surface area contributed by atoms with Gasteiger partial charge in [0.2, 0.25) is 0 Å². The van der Waals surface area contributed by atoms with E-state index >= 15 is 0 Å². The minimum absolute atomic E-state index is 0.0411. The maximum atomic E-state index is 11.4. The lowest BCUT2D eigenvalue weighted by Crippen LogP contribution is -2.31. The molecule has 0 saturated heterocycles.